The summed E-state index contributed by atoms with van der Waals surface area (Å²) in [5.74, 6) is 1.20. The number of anilines is 3. The Morgan fingerprint density at radius 2 is 1.81 bits per heavy atom. The van der Waals surface area contributed by atoms with Crippen LogP contribution in [0.4, 0.5) is 17.1 Å². The molecule has 1 aromatic heterocycles. The molecule has 6 nitrogen and oxygen atoms in total. The van der Waals surface area contributed by atoms with Gasteiger partial charge in [-0.05, 0) is 42.8 Å². The molecule has 2 heterocycles. The summed E-state index contributed by atoms with van der Waals surface area (Å²) in [7, 11) is 0. The molecule has 0 unspecified atom stereocenters. The highest BCUT2D eigenvalue weighted by Crippen LogP contribution is 2.35. The minimum atomic E-state index is -0.242. The second-order valence-electron chi connectivity index (χ2n) is 5.89. The van der Waals surface area contributed by atoms with Crippen LogP contribution < -0.4 is 20.1 Å². The van der Waals surface area contributed by atoms with Crippen molar-refractivity contribution in [3.8, 4) is 11.5 Å². The second-order valence-corrected chi connectivity index (χ2v) is 5.89. The summed E-state index contributed by atoms with van der Waals surface area (Å²) in [5.41, 5.74) is 3.76. The number of nitrogens with zero attached hydrogens (tertiary/aromatic N) is 1. The lowest BCUT2D eigenvalue weighted by Crippen LogP contribution is -2.14. The van der Waals surface area contributed by atoms with E-state index in [9.17, 15) is 4.79 Å². The summed E-state index contributed by atoms with van der Waals surface area (Å²) >= 11 is 0. The van der Waals surface area contributed by atoms with Gasteiger partial charge in [0, 0.05) is 17.4 Å². The number of hydrogen-bond donors (Lipinski definition) is 2. The Hall–Kier alpha value is -3.54. The number of carbonyl (C=O) groups is 1. The third kappa shape index (κ3) is 3.30. The molecule has 0 atom stereocenters. The quantitative estimate of drug-likeness (QED) is 0.743. The summed E-state index contributed by atoms with van der Waals surface area (Å²) in [6.45, 7) is 2.19. The molecule has 1 amide bonds. The standard InChI is InChI=1S/C20H17N3O3/c1-13-4-2-3-5-16(13)23-20(24)17-8-6-15(11-21-17)22-14-7-9-18-19(10-14)26-12-25-18/h2-11,22H,12H2,1H3,(H,23,24). The van der Waals surface area contributed by atoms with Crippen LogP contribution >= 0.6 is 0 Å². The molecule has 0 fully saturated rings. The third-order valence-electron chi connectivity index (χ3n) is 4.05. The number of aryl methyl sites for hydroxylation is 1. The van der Waals surface area contributed by atoms with Crippen LogP contribution in [0, 0.1) is 6.92 Å². The molecule has 2 N–H and O–H groups in total. The first-order chi connectivity index (χ1) is 12.7. The Morgan fingerprint density at radius 1 is 1.00 bits per heavy atom. The van der Waals surface area contributed by atoms with Crippen molar-refractivity contribution in [3.05, 3.63) is 72.1 Å². The fourth-order valence-corrected chi connectivity index (χ4v) is 2.64. The van der Waals surface area contributed by atoms with E-state index < -0.39 is 0 Å². The van der Waals surface area contributed by atoms with E-state index in [0.717, 1.165) is 28.4 Å². The number of para-hydroxylation sites is 1. The zero-order valence-electron chi connectivity index (χ0n) is 14.2. The van der Waals surface area contributed by atoms with Gasteiger partial charge >= 0.3 is 0 Å². The number of fused-ring (bicyclic) bond motifs is 1. The maximum atomic E-state index is 12.3. The van der Waals surface area contributed by atoms with Gasteiger partial charge < -0.3 is 20.1 Å². The predicted molar refractivity (Wildman–Crippen MR) is 99.2 cm³/mol. The molecule has 2 aromatic carbocycles. The zero-order chi connectivity index (χ0) is 17.9. The SMILES string of the molecule is Cc1ccccc1NC(=O)c1ccc(Nc2ccc3c(c2)OCO3)cn1. The summed E-state index contributed by atoms with van der Waals surface area (Å²) in [6.07, 6.45) is 1.62. The smallest absolute Gasteiger partial charge is 0.274 e. The number of benzene rings is 2. The Bertz CT molecular complexity index is 955. The average molecular weight is 347 g/mol. The van der Waals surface area contributed by atoms with Crippen LogP contribution in [0.25, 0.3) is 0 Å². The summed E-state index contributed by atoms with van der Waals surface area (Å²) in [6, 6.07) is 16.7. The molecular weight excluding hydrogens is 330 g/mol. The number of amides is 1. The van der Waals surface area contributed by atoms with Crippen molar-refractivity contribution in [2.75, 3.05) is 17.4 Å². The van der Waals surface area contributed by atoms with Crippen LogP contribution in [0.15, 0.2) is 60.8 Å². The molecule has 0 saturated heterocycles. The van der Waals surface area contributed by atoms with Crippen LogP contribution in [0.3, 0.4) is 0 Å². The summed E-state index contributed by atoms with van der Waals surface area (Å²) in [4.78, 5) is 16.6. The molecule has 130 valence electrons. The Balaban J connectivity index is 1.45. The summed E-state index contributed by atoms with van der Waals surface area (Å²) < 4.78 is 10.7. The van der Waals surface area contributed by atoms with Gasteiger partial charge in [0.05, 0.1) is 11.9 Å². The first kappa shape index (κ1) is 16.0. The largest absolute Gasteiger partial charge is 0.454 e. The number of rotatable bonds is 4. The van der Waals surface area contributed by atoms with Crippen molar-refractivity contribution in [3.63, 3.8) is 0 Å². The van der Waals surface area contributed by atoms with Crippen molar-refractivity contribution in [1.82, 2.24) is 4.98 Å². The van der Waals surface area contributed by atoms with Gasteiger partial charge in [-0.3, -0.25) is 4.79 Å². The van der Waals surface area contributed by atoms with Gasteiger partial charge in [-0.1, -0.05) is 18.2 Å². The van der Waals surface area contributed by atoms with Gasteiger partial charge in [-0.2, -0.15) is 0 Å². The maximum absolute atomic E-state index is 12.3. The van der Waals surface area contributed by atoms with Gasteiger partial charge in [-0.25, -0.2) is 4.98 Å². The Kier molecular flexibility index (Phi) is 4.15. The minimum Gasteiger partial charge on any atom is -0.454 e. The van der Waals surface area contributed by atoms with Gasteiger partial charge in [0.2, 0.25) is 6.79 Å². The fraction of sp³-hybridized carbons (Fsp3) is 0.100. The van der Waals surface area contributed by atoms with Crippen molar-refractivity contribution in [1.29, 1.82) is 0 Å². The van der Waals surface area contributed by atoms with E-state index in [1.165, 1.54) is 0 Å². The van der Waals surface area contributed by atoms with Crippen molar-refractivity contribution in [2.24, 2.45) is 0 Å². The molecule has 0 aliphatic carbocycles. The zero-order valence-corrected chi connectivity index (χ0v) is 14.2. The van der Waals surface area contributed by atoms with Crippen molar-refractivity contribution < 1.29 is 14.3 Å². The predicted octanol–water partition coefficient (Wildman–Crippen LogP) is 4.11. The Morgan fingerprint density at radius 3 is 2.62 bits per heavy atom. The molecule has 0 bridgehead atoms. The highest BCUT2D eigenvalue weighted by Gasteiger charge is 2.13. The minimum absolute atomic E-state index is 0.241. The van der Waals surface area contributed by atoms with Gasteiger partial charge in [0.15, 0.2) is 11.5 Å². The fourth-order valence-electron chi connectivity index (χ4n) is 2.64. The van der Waals surface area contributed by atoms with Crippen LogP contribution in [0.1, 0.15) is 16.1 Å². The number of aromatic nitrogens is 1. The molecule has 0 spiro atoms. The molecule has 0 radical (unpaired) electrons. The molecular formula is C20H17N3O3. The van der Waals surface area contributed by atoms with E-state index in [1.54, 1.807) is 12.3 Å². The van der Waals surface area contributed by atoms with Gasteiger partial charge in [0.1, 0.15) is 5.69 Å². The maximum Gasteiger partial charge on any atom is 0.274 e. The second kappa shape index (κ2) is 6.76. The number of hydrogen-bond acceptors (Lipinski definition) is 5. The molecule has 26 heavy (non-hydrogen) atoms. The van der Waals surface area contributed by atoms with E-state index in [1.807, 2.05) is 55.5 Å². The topological polar surface area (TPSA) is 72.5 Å². The van der Waals surface area contributed by atoms with Crippen LogP contribution in [0.5, 0.6) is 11.5 Å². The Labute approximate surface area is 150 Å². The highest BCUT2D eigenvalue weighted by atomic mass is 16.7. The van der Waals surface area contributed by atoms with Crippen LogP contribution in [0.2, 0.25) is 0 Å². The van der Waals surface area contributed by atoms with E-state index in [0.29, 0.717) is 11.4 Å². The lowest BCUT2D eigenvalue weighted by atomic mass is 10.2. The number of carbonyl (C=O) groups excluding carboxylic acids is 1. The van der Waals surface area contributed by atoms with Gasteiger partial charge in [-0.15, -0.1) is 0 Å². The third-order valence-corrected chi connectivity index (χ3v) is 4.05. The molecule has 6 heteroatoms. The van der Waals surface area contributed by atoms with Crippen molar-refractivity contribution in [2.45, 2.75) is 6.92 Å². The molecule has 0 saturated carbocycles. The first-order valence-electron chi connectivity index (χ1n) is 8.19. The van der Waals surface area contributed by atoms with Crippen molar-refractivity contribution >= 4 is 23.0 Å². The monoisotopic (exact) mass is 347 g/mol. The lowest BCUT2D eigenvalue weighted by Gasteiger charge is -2.09. The number of pyridine rings is 1. The summed E-state index contributed by atoms with van der Waals surface area (Å²) in [5, 5.41) is 6.10. The highest BCUT2D eigenvalue weighted by molar-refractivity contribution is 6.03. The first-order valence-corrected chi connectivity index (χ1v) is 8.19. The number of ether oxygens (including phenoxy) is 2. The van der Waals surface area contributed by atoms with Crippen LogP contribution in [-0.2, 0) is 0 Å². The normalized spacial score (nSPS) is 11.9. The average Bonchev–Trinajstić information content (AvgIpc) is 3.12. The molecule has 1 aliphatic rings. The number of nitrogens with one attached hydrogen (secondary N) is 2. The van der Waals surface area contributed by atoms with Gasteiger partial charge in [0.25, 0.3) is 5.91 Å². The van der Waals surface area contributed by atoms with E-state index in [-0.39, 0.29) is 12.7 Å². The molecule has 3 aromatic rings. The van der Waals surface area contributed by atoms with E-state index >= 15 is 0 Å². The molecule has 4 rings (SSSR count). The van der Waals surface area contributed by atoms with E-state index in [2.05, 4.69) is 15.6 Å². The molecule has 1 aliphatic heterocycles. The lowest BCUT2D eigenvalue weighted by molar-refractivity contribution is 0.102. The van der Waals surface area contributed by atoms with Crippen LogP contribution in [-0.4, -0.2) is 17.7 Å². The van der Waals surface area contributed by atoms with E-state index in [4.69, 9.17) is 9.47 Å².